The van der Waals surface area contributed by atoms with Crippen molar-refractivity contribution < 1.29 is 19.8 Å². The van der Waals surface area contributed by atoms with E-state index in [4.69, 9.17) is 10.2 Å². The number of carbonyl (C=O) groups excluding carboxylic acids is 1. The third-order valence-corrected chi connectivity index (χ3v) is 2.81. The lowest BCUT2D eigenvalue weighted by molar-refractivity contribution is -0.139. The lowest BCUT2D eigenvalue weighted by Crippen LogP contribution is -2.46. The van der Waals surface area contributed by atoms with Crippen LogP contribution in [0.3, 0.4) is 0 Å². The molecule has 18 heavy (non-hydrogen) atoms. The van der Waals surface area contributed by atoms with Gasteiger partial charge in [-0.05, 0) is 0 Å². The Morgan fingerprint density at radius 3 is 2.83 bits per heavy atom. The molecule has 0 aliphatic rings. The number of carboxylic acid groups (broad SMARTS) is 1. The number of nitrogens with zero attached hydrogens (tertiary/aromatic N) is 1. The summed E-state index contributed by atoms with van der Waals surface area (Å²) in [5.74, 6) is -1.17. The Morgan fingerprint density at radius 2 is 2.28 bits per heavy atom. The van der Waals surface area contributed by atoms with Crippen molar-refractivity contribution in [2.24, 2.45) is 0 Å². The third-order valence-electron chi connectivity index (χ3n) is 2.17. The van der Waals surface area contributed by atoms with Crippen molar-refractivity contribution in [2.45, 2.75) is 18.9 Å². The summed E-state index contributed by atoms with van der Waals surface area (Å²) in [6.45, 7) is 0.0805. The van der Waals surface area contributed by atoms with Crippen LogP contribution in [0, 0.1) is 0 Å². The van der Waals surface area contributed by atoms with E-state index in [0.29, 0.717) is 13.0 Å². The van der Waals surface area contributed by atoms with Crippen molar-refractivity contribution in [3.8, 4) is 0 Å². The summed E-state index contributed by atoms with van der Waals surface area (Å²) in [6.07, 6.45) is 0.573. The summed E-state index contributed by atoms with van der Waals surface area (Å²) in [6, 6.07) is -1.64. The van der Waals surface area contributed by atoms with Crippen LogP contribution in [0.25, 0.3) is 0 Å². The molecule has 0 radical (unpaired) electrons. The molecule has 0 saturated carbocycles. The molecule has 0 spiro atoms. The van der Waals surface area contributed by atoms with Crippen LogP contribution in [-0.2, 0) is 11.2 Å². The molecule has 100 valence electrons. The number of thiazole rings is 1. The maximum atomic E-state index is 11.4. The molecule has 2 amide bonds. The molecule has 0 saturated heterocycles. The molecule has 7 nitrogen and oxygen atoms in total. The Kier molecular flexibility index (Phi) is 6.09. The summed E-state index contributed by atoms with van der Waals surface area (Å²) >= 11 is 1.47. The van der Waals surface area contributed by atoms with Gasteiger partial charge in [-0.2, -0.15) is 0 Å². The highest BCUT2D eigenvalue weighted by atomic mass is 32.1. The van der Waals surface area contributed by atoms with Crippen molar-refractivity contribution in [3.05, 3.63) is 16.6 Å². The number of rotatable bonds is 7. The van der Waals surface area contributed by atoms with Crippen LogP contribution in [-0.4, -0.2) is 46.4 Å². The Balaban J connectivity index is 2.25. The van der Waals surface area contributed by atoms with E-state index in [1.807, 2.05) is 5.38 Å². The number of aliphatic carboxylic acids is 1. The molecule has 0 aliphatic carbocycles. The average Bonchev–Trinajstić information content (AvgIpc) is 2.81. The Hall–Kier alpha value is -1.67. The SMILES string of the molecule is O=C(NCCc1cscn1)NC(CCO)C(=O)O. The van der Waals surface area contributed by atoms with Gasteiger partial charge in [0.05, 0.1) is 11.2 Å². The lowest BCUT2D eigenvalue weighted by Gasteiger charge is -2.13. The predicted octanol–water partition coefficient (Wildman–Crippen LogP) is -0.180. The minimum atomic E-state index is -1.17. The molecule has 1 heterocycles. The van der Waals surface area contributed by atoms with Gasteiger partial charge < -0.3 is 20.8 Å². The number of carboxylic acids is 1. The molecule has 8 heteroatoms. The Morgan fingerprint density at radius 1 is 1.50 bits per heavy atom. The number of aliphatic hydroxyl groups is 1. The fourth-order valence-electron chi connectivity index (χ4n) is 1.26. The van der Waals surface area contributed by atoms with E-state index < -0.39 is 18.0 Å². The topological polar surface area (TPSA) is 112 Å². The van der Waals surface area contributed by atoms with Crippen LogP contribution in [0.5, 0.6) is 0 Å². The zero-order valence-electron chi connectivity index (χ0n) is 9.63. The van der Waals surface area contributed by atoms with Gasteiger partial charge in [-0.25, -0.2) is 14.6 Å². The molecule has 0 aromatic carbocycles. The van der Waals surface area contributed by atoms with Crippen molar-refractivity contribution >= 4 is 23.3 Å². The molecule has 0 fully saturated rings. The highest BCUT2D eigenvalue weighted by Crippen LogP contribution is 2.00. The number of aliphatic hydroxyl groups excluding tert-OH is 1. The first-order valence-electron chi connectivity index (χ1n) is 5.38. The van der Waals surface area contributed by atoms with Gasteiger partial charge in [0, 0.05) is 31.4 Å². The predicted molar refractivity (Wildman–Crippen MR) is 65.5 cm³/mol. The quantitative estimate of drug-likeness (QED) is 0.550. The van der Waals surface area contributed by atoms with Crippen LogP contribution in [0.2, 0.25) is 0 Å². The fraction of sp³-hybridized carbons (Fsp3) is 0.500. The number of nitrogens with one attached hydrogen (secondary N) is 2. The fourth-order valence-corrected chi connectivity index (χ4v) is 1.85. The second kappa shape index (κ2) is 7.62. The molecule has 1 aromatic rings. The largest absolute Gasteiger partial charge is 0.480 e. The van der Waals surface area contributed by atoms with Crippen molar-refractivity contribution in [1.82, 2.24) is 15.6 Å². The Bertz CT molecular complexity index is 382. The minimum absolute atomic E-state index is 0.0190. The van der Waals surface area contributed by atoms with Gasteiger partial charge in [0.15, 0.2) is 0 Å². The van der Waals surface area contributed by atoms with Gasteiger partial charge in [-0.3, -0.25) is 0 Å². The number of amides is 2. The monoisotopic (exact) mass is 273 g/mol. The first-order chi connectivity index (χ1) is 8.63. The van der Waals surface area contributed by atoms with Crippen LogP contribution in [0.15, 0.2) is 10.9 Å². The highest BCUT2D eigenvalue weighted by Gasteiger charge is 2.18. The van der Waals surface area contributed by atoms with E-state index in [2.05, 4.69) is 15.6 Å². The zero-order valence-corrected chi connectivity index (χ0v) is 10.4. The lowest BCUT2D eigenvalue weighted by atomic mass is 10.2. The number of hydrogen-bond acceptors (Lipinski definition) is 5. The van der Waals surface area contributed by atoms with Crippen molar-refractivity contribution in [1.29, 1.82) is 0 Å². The van der Waals surface area contributed by atoms with Crippen molar-refractivity contribution in [2.75, 3.05) is 13.2 Å². The molecule has 1 atom stereocenters. The molecule has 4 N–H and O–H groups in total. The first kappa shape index (κ1) is 14.4. The molecule has 1 unspecified atom stereocenters. The van der Waals surface area contributed by atoms with E-state index in [9.17, 15) is 9.59 Å². The number of urea groups is 1. The van der Waals surface area contributed by atoms with Crippen LogP contribution < -0.4 is 10.6 Å². The minimum Gasteiger partial charge on any atom is -0.480 e. The Labute approximate surface area is 108 Å². The van der Waals surface area contributed by atoms with E-state index in [-0.39, 0.29) is 13.0 Å². The standard InChI is InChI=1S/C10H15N3O4S/c14-4-2-8(9(15)16)13-10(17)11-3-1-7-5-18-6-12-7/h5-6,8,14H,1-4H2,(H,15,16)(H2,11,13,17). The molecular formula is C10H15N3O4S. The van der Waals surface area contributed by atoms with Gasteiger partial charge in [-0.15, -0.1) is 11.3 Å². The number of carbonyl (C=O) groups is 2. The first-order valence-corrected chi connectivity index (χ1v) is 6.33. The second-order valence-corrected chi connectivity index (χ2v) is 4.25. The van der Waals surface area contributed by atoms with Crippen LogP contribution >= 0.6 is 11.3 Å². The second-order valence-electron chi connectivity index (χ2n) is 3.53. The number of aromatic nitrogens is 1. The molecule has 1 aromatic heterocycles. The summed E-state index contributed by atoms with van der Waals surface area (Å²) in [4.78, 5) is 26.2. The van der Waals surface area contributed by atoms with Crippen LogP contribution in [0.4, 0.5) is 4.79 Å². The van der Waals surface area contributed by atoms with Gasteiger partial charge in [-0.1, -0.05) is 0 Å². The molecule has 1 rings (SSSR count). The summed E-state index contributed by atoms with van der Waals surface area (Å²) < 4.78 is 0. The average molecular weight is 273 g/mol. The summed E-state index contributed by atoms with van der Waals surface area (Å²) in [5, 5.41) is 24.1. The van der Waals surface area contributed by atoms with E-state index in [0.717, 1.165) is 5.69 Å². The van der Waals surface area contributed by atoms with E-state index >= 15 is 0 Å². The van der Waals surface area contributed by atoms with Crippen molar-refractivity contribution in [3.63, 3.8) is 0 Å². The van der Waals surface area contributed by atoms with Gasteiger partial charge in [0.2, 0.25) is 0 Å². The third kappa shape index (κ3) is 5.11. The van der Waals surface area contributed by atoms with E-state index in [1.165, 1.54) is 11.3 Å². The summed E-state index contributed by atoms with van der Waals surface area (Å²) in [7, 11) is 0. The number of hydrogen-bond donors (Lipinski definition) is 4. The normalized spacial score (nSPS) is 11.8. The maximum Gasteiger partial charge on any atom is 0.326 e. The maximum absolute atomic E-state index is 11.4. The smallest absolute Gasteiger partial charge is 0.326 e. The van der Waals surface area contributed by atoms with Gasteiger partial charge >= 0.3 is 12.0 Å². The van der Waals surface area contributed by atoms with Gasteiger partial charge in [0.1, 0.15) is 6.04 Å². The molecule has 0 aliphatic heterocycles. The highest BCUT2D eigenvalue weighted by molar-refractivity contribution is 7.07. The zero-order chi connectivity index (χ0) is 13.4. The molecule has 0 bridgehead atoms. The summed E-state index contributed by atoms with van der Waals surface area (Å²) in [5.41, 5.74) is 2.59. The van der Waals surface area contributed by atoms with E-state index in [1.54, 1.807) is 5.51 Å². The van der Waals surface area contributed by atoms with Crippen LogP contribution in [0.1, 0.15) is 12.1 Å². The van der Waals surface area contributed by atoms with Gasteiger partial charge in [0.25, 0.3) is 0 Å². The molecular weight excluding hydrogens is 258 g/mol.